The summed E-state index contributed by atoms with van der Waals surface area (Å²) >= 11 is 1.49. The molecule has 0 N–H and O–H groups in total. The zero-order valence-corrected chi connectivity index (χ0v) is 14.6. The van der Waals surface area contributed by atoms with Crippen LogP contribution in [-0.4, -0.2) is 23.0 Å². The molecule has 4 rings (SSSR count). The second-order valence-corrected chi connectivity index (χ2v) is 6.40. The molecule has 26 heavy (non-hydrogen) atoms. The summed E-state index contributed by atoms with van der Waals surface area (Å²) < 4.78 is 21.4. The minimum atomic E-state index is -0.648. The zero-order chi connectivity index (χ0) is 17.9. The topological polar surface area (TPSA) is 83.7 Å². The highest BCUT2D eigenvalue weighted by atomic mass is 32.1. The van der Waals surface area contributed by atoms with E-state index in [1.807, 2.05) is 23.6 Å². The number of aromatic nitrogens is 2. The number of benzene rings is 1. The molecular formula is C18H14N2O5S. The summed E-state index contributed by atoms with van der Waals surface area (Å²) in [5.41, 5.74) is 0.802. The molecule has 7 nitrogen and oxygen atoms in total. The van der Waals surface area contributed by atoms with Crippen LogP contribution in [0.3, 0.4) is 0 Å². The Balaban J connectivity index is 1.38. The van der Waals surface area contributed by atoms with E-state index in [1.165, 1.54) is 17.4 Å². The van der Waals surface area contributed by atoms with Gasteiger partial charge in [-0.15, -0.1) is 21.5 Å². The first kappa shape index (κ1) is 16.3. The SMILES string of the molecule is C[C@H](OC(=O)/C=C/c1ccc2c(c1)OCO2)c1nnc(-c2cccs2)o1. The van der Waals surface area contributed by atoms with Gasteiger partial charge in [0.15, 0.2) is 17.6 Å². The number of thiophene rings is 1. The van der Waals surface area contributed by atoms with E-state index in [0.717, 1.165) is 10.4 Å². The third kappa shape index (κ3) is 3.45. The molecule has 1 aliphatic rings. The molecule has 0 unspecified atom stereocenters. The number of fused-ring (bicyclic) bond motifs is 1. The van der Waals surface area contributed by atoms with Crippen LogP contribution in [0, 0.1) is 0 Å². The molecule has 0 saturated carbocycles. The number of carbonyl (C=O) groups is 1. The Kier molecular flexibility index (Phi) is 4.40. The van der Waals surface area contributed by atoms with Crippen LogP contribution < -0.4 is 9.47 Å². The molecule has 8 heteroatoms. The second-order valence-electron chi connectivity index (χ2n) is 5.45. The number of rotatable bonds is 5. The Hall–Kier alpha value is -3.13. The maximum atomic E-state index is 12.0. The maximum Gasteiger partial charge on any atom is 0.331 e. The third-order valence-electron chi connectivity index (χ3n) is 3.62. The van der Waals surface area contributed by atoms with Crippen molar-refractivity contribution >= 4 is 23.4 Å². The average molecular weight is 370 g/mol. The van der Waals surface area contributed by atoms with Gasteiger partial charge >= 0.3 is 5.97 Å². The van der Waals surface area contributed by atoms with Gasteiger partial charge in [-0.05, 0) is 42.1 Å². The molecular weight excluding hydrogens is 356 g/mol. The van der Waals surface area contributed by atoms with Gasteiger partial charge < -0.3 is 18.6 Å². The number of ether oxygens (including phenoxy) is 3. The molecule has 1 aromatic carbocycles. The van der Waals surface area contributed by atoms with Gasteiger partial charge in [-0.25, -0.2) is 4.79 Å². The highest BCUT2D eigenvalue weighted by molar-refractivity contribution is 7.13. The highest BCUT2D eigenvalue weighted by Crippen LogP contribution is 2.32. The van der Waals surface area contributed by atoms with Crippen molar-refractivity contribution in [1.29, 1.82) is 0 Å². The minimum absolute atomic E-state index is 0.208. The largest absolute Gasteiger partial charge is 0.454 e. The minimum Gasteiger partial charge on any atom is -0.454 e. The van der Waals surface area contributed by atoms with Gasteiger partial charge in [-0.2, -0.15) is 0 Å². The average Bonchev–Trinajstić information content (AvgIpc) is 3.40. The molecule has 1 aliphatic heterocycles. The third-order valence-corrected chi connectivity index (χ3v) is 4.48. The second kappa shape index (κ2) is 7.01. The predicted molar refractivity (Wildman–Crippen MR) is 93.7 cm³/mol. The van der Waals surface area contributed by atoms with Gasteiger partial charge in [-0.3, -0.25) is 0 Å². The predicted octanol–water partition coefficient (Wildman–Crippen LogP) is 3.84. The van der Waals surface area contributed by atoms with Crippen LogP contribution in [-0.2, 0) is 9.53 Å². The summed E-state index contributed by atoms with van der Waals surface area (Å²) in [4.78, 5) is 12.9. The van der Waals surface area contributed by atoms with Crippen molar-refractivity contribution in [3.8, 4) is 22.3 Å². The number of carbonyl (C=O) groups excluding carboxylic acids is 1. The van der Waals surface area contributed by atoms with Crippen LogP contribution in [0.25, 0.3) is 16.8 Å². The van der Waals surface area contributed by atoms with Crippen molar-refractivity contribution in [3.05, 3.63) is 53.2 Å². The lowest BCUT2D eigenvalue weighted by atomic mass is 10.2. The number of nitrogens with zero attached hydrogens (tertiary/aromatic N) is 2. The first-order valence-electron chi connectivity index (χ1n) is 7.84. The van der Waals surface area contributed by atoms with Crippen molar-refractivity contribution in [1.82, 2.24) is 10.2 Å². The molecule has 0 bridgehead atoms. The smallest absolute Gasteiger partial charge is 0.331 e. The van der Waals surface area contributed by atoms with Crippen molar-refractivity contribution in [3.63, 3.8) is 0 Å². The summed E-state index contributed by atoms with van der Waals surface area (Å²) in [5.74, 6) is 1.50. The van der Waals surface area contributed by atoms with Crippen molar-refractivity contribution in [2.75, 3.05) is 6.79 Å². The van der Waals surface area contributed by atoms with Gasteiger partial charge in [0.1, 0.15) is 0 Å². The summed E-state index contributed by atoms with van der Waals surface area (Å²) in [5, 5.41) is 9.83. The molecule has 0 saturated heterocycles. The first-order chi connectivity index (χ1) is 12.7. The normalized spacial score (nSPS) is 13.9. The van der Waals surface area contributed by atoms with Crippen LogP contribution in [0.5, 0.6) is 11.5 Å². The highest BCUT2D eigenvalue weighted by Gasteiger charge is 2.18. The number of esters is 1. The molecule has 0 aliphatic carbocycles. The number of hydrogen-bond donors (Lipinski definition) is 0. The summed E-state index contributed by atoms with van der Waals surface area (Å²) in [6.45, 7) is 1.89. The van der Waals surface area contributed by atoms with E-state index in [1.54, 1.807) is 25.1 Å². The van der Waals surface area contributed by atoms with Gasteiger partial charge in [0.05, 0.1) is 4.88 Å². The van der Waals surface area contributed by atoms with E-state index in [4.69, 9.17) is 18.6 Å². The van der Waals surface area contributed by atoms with Gasteiger partial charge in [0.2, 0.25) is 6.79 Å². The van der Waals surface area contributed by atoms with E-state index in [-0.39, 0.29) is 12.7 Å². The molecule has 132 valence electrons. The van der Waals surface area contributed by atoms with Gasteiger partial charge in [-0.1, -0.05) is 12.1 Å². The Morgan fingerprint density at radius 1 is 1.27 bits per heavy atom. The Labute approximate surface area is 152 Å². The van der Waals surface area contributed by atoms with Gasteiger partial charge in [0, 0.05) is 6.08 Å². The van der Waals surface area contributed by atoms with Crippen LogP contribution in [0.4, 0.5) is 0 Å². The van der Waals surface area contributed by atoms with E-state index in [0.29, 0.717) is 17.4 Å². The Morgan fingerprint density at radius 3 is 3.00 bits per heavy atom. The molecule has 0 fully saturated rings. The van der Waals surface area contributed by atoms with E-state index in [9.17, 15) is 4.79 Å². The van der Waals surface area contributed by atoms with Gasteiger partial charge in [0.25, 0.3) is 11.8 Å². The fourth-order valence-corrected chi connectivity index (χ4v) is 2.99. The molecule has 0 spiro atoms. The molecule has 3 heterocycles. The number of hydrogen-bond acceptors (Lipinski definition) is 8. The van der Waals surface area contributed by atoms with E-state index >= 15 is 0 Å². The fraction of sp³-hybridized carbons (Fsp3) is 0.167. The van der Waals surface area contributed by atoms with Crippen molar-refractivity contribution < 1.29 is 23.4 Å². The Bertz CT molecular complexity index is 948. The lowest BCUT2D eigenvalue weighted by Crippen LogP contribution is -2.06. The molecule has 1 atom stereocenters. The van der Waals surface area contributed by atoms with E-state index in [2.05, 4.69) is 10.2 Å². The lowest BCUT2D eigenvalue weighted by Gasteiger charge is -2.06. The summed E-state index contributed by atoms with van der Waals surface area (Å²) in [6.07, 6.45) is 2.33. The maximum absolute atomic E-state index is 12.0. The molecule has 2 aromatic heterocycles. The van der Waals surface area contributed by atoms with Crippen molar-refractivity contribution in [2.45, 2.75) is 13.0 Å². The molecule has 3 aromatic rings. The standard InChI is InChI=1S/C18H14N2O5S/c1-11(17-19-20-18(25-17)15-3-2-8-26-15)24-16(21)7-5-12-4-6-13-14(9-12)23-10-22-13/h2-9,11H,10H2,1H3/b7-5+/t11-/m0/s1. The quantitative estimate of drug-likeness (QED) is 0.498. The zero-order valence-electron chi connectivity index (χ0n) is 13.7. The van der Waals surface area contributed by atoms with E-state index < -0.39 is 12.1 Å². The van der Waals surface area contributed by atoms with Crippen LogP contribution >= 0.6 is 11.3 Å². The summed E-state index contributed by atoms with van der Waals surface area (Å²) in [7, 11) is 0. The van der Waals surface area contributed by atoms with Crippen LogP contribution in [0.1, 0.15) is 24.5 Å². The Morgan fingerprint density at radius 2 is 2.15 bits per heavy atom. The van der Waals surface area contributed by atoms with Crippen LogP contribution in [0.2, 0.25) is 0 Å². The lowest BCUT2D eigenvalue weighted by molar-refractivity contribution is -0.143. The monoisotopic (exact) mass is 370 g/mol. The fourth-order valence-electron chi connectivity index (χ4n) is 2.34. The van der Waals surface area contributed by atoms with Crippen LogP contribution in [0.15, 0.2) is 46.2 Å². The molecule has 0 radical (unpaired) electrons. The first-order valence-corrected chi connectivity index (χ1v) is 8.72. The molecule has 0 amide bonds. The van der Waals surface area contributed by atoms with Crippen molar-refractivity contribution in [2.24, 2.45) is 0 Å². The summed E-state index contributed by atoms with van der Waals surface area (Å²) in [6, 6.07) is 9.19.